The Balaban J connectivity index is 1.79. The van der Waals surface area contributed by atoms with Crippen molar-refractivity contribution in [3.8, 4) is 0 Å². The number of aromatic nitrogens is 2. The van der Waals surface area contributed by atoms with Crippen LogP contribution in [0.2, 0.25) is 0 Å². The summed E-state index contributed by atoms with van der Waals surface area (Å²) in [6.45, 7) is 4.20. The highest BCUT2D eigenvalue weighted by atomic mass is 16.1. The number of aryl methyl sites for hydroxylation is 2. The van der Waals surface area contributed by atoms with E-state index in [2.05, 4.69) is 17.2 Å². The third-order valence-corrected chi connectivity index (χ3v) is 5.12. The van der Waals surface area contributed by atoms with Gasteiger partial charge < -0.3 is 9.88 Å². The highest BCUT2D eigenvalue weighted by molar-refractivity contribution is 5.97. The fourth-order valence-electron chi connectivity index (χ4n) is 3.60. The minimum Gasteiger partial charge on any atom is -0.349 e. The molecule has 1 N–H and O–H groups in total. The van der Waals surface area contributed by atoms with Gasteiger partial charge in [0, 0.05) is 18.7 Å². The molecule has 1 aliphatic carbocycles. The van der Waals surface area contributed by atoms with E-state index in [9.17, 15) is 4.79 Å². The maximum atomic E-state index is 12.6. The van der Waals surface area contributed by atoms with Gasteiger partial charge in [0.05, 0.1) is 11.0 Å². The Labute approximate surface area is 131 Å². The minimum absolute atomic E-state index is 0.0376. The maximum absolute atomic E-state index is 12.6. The number of hydrogen-bond donors (Lipinski definition) is 1. The molecule has 1 fully saturated rings. The lowest BCUT2D eigenvalue weighted by molar-refractivity contribution is 0.0905. The van der Waals surface area contributed by atoms with Crippen molar-refractivity contribution in [3.63, 3.8) is 0 Å². The number of rotatable bonds is 3. The first kappa shape index (κ1) is 15.1. The summed E-state index contributed by atoms with van der Waals surface area (Å²) in [5.41, 5.74) is 2.67. The van der Waals surface area contributed by atoms with Crippen LogP contribution in [0.4, 0.5) is 0 Å². The van der Waals surface area contributed by atoms with E-state index in [-0.39, 0.29) is 5.91 Å². The van der Waals surface area contributed by atoms with Crippen LogP contribution < -0.4 is 5.32 Å². The standard InChI is InChI=1S/C18H25N3O/c1-4-13-7-5-6-8-15(13)20-18(22)14-9-10-17-16(11-14)19-12(2)21(17)3/h9-11,13,15H,4-8H2,1-3H3,(H,20,22)/t13-,15-/m0/s1. The average molecular weight is 299 g/mol. The van der Waals surface area contributed by atoms with E-state index in [0.717, 1.165) is 29.7 Å². The van der Waals surface area contributed by atoms with Crippen LogP contribution in [0.5, 0.6) is 0 Å². The maximum Gasteiger partial charge on any atom is 0.251 e. The number of carbonyl (C=O) groups is 1. The zero-order chi connectivity index (χ0) is 15.7. The molecule has 0 radical (unpaired) electrons. The van der Waals surface area contributed by atoms with Crippen LogP contribution in [0.25, 0.3) is 11.0 Å². The first-order valence-electron chi connectivity index (χ1n) is 8.34. The number of nitrogens with zero attached hydrogens (tertiary/aromatic N) is 2. The lowest BCUT2D eigenvalue weighted by atomic mass is 9.83. The molecule has 1 aromatic carbocycles. The van der Waals surface area contributed by atoms with Gasteiger partial charge in [0.25, 0.3) is 5.91 Å². The molecule has 0 unspecified atom stereocenters. The predicted molar refractivity (Wildman–Crippen MR) is 89.0 cm³/mol. The van der Waals surface area contributed by atoms with Gasteiger partial charge in [0.2, 0.25) is 0 Å². The summed E-state index contributed by atoms with van der Waals surface area (Å²) in [4.78, 5) is 17.1. The largest absolute Gasteiger partial charge is 0.349 e. The predicted octanol–water partition coefficient (Wildman–Crippen LogP) is 3.58. The lowest BCUT2D eigenvalue weighted by Gasteiger charge is -2.31. The van der Waals surface area contributed by atoms with E-state index >= 15 is 0 Å². The Morgan fingerprint density at radius 2 is 2.14 bits per heavy atom. The van der Waals surface area contributed by atoms with Crippen LogP contribution in [-0.4, -0.2) is 21.5 Å². The van der Waals surface area contributed by atoms with E-state index in [1.165, 1.54) is 19.3 Å². The quantitative estimate of drug-likeness (QED) is 0.941. The molecule has 22 heavy (non-hydrogen) atoms. The third-order valence-electron chi connectivity index (χ3n) is 5.12. The first-order chi connectivity index (χ1) is 10.6. The van der Waals surface area contributed by atoms with Crippen molar-refractivity contribution in [1.82, 2.24) is 14.9 Å². The van der Waals surface area contributed by atoms with Crippen molar-refractivity contribution in [3.05, 3.63) is 29.6 Å². The van der Waals surface area contributed by atoms with Gasteiger partial charge in [-0.2, -0.15) is 0 Å². The molecule has 1 saturated carbocycles. The Morgan fingerprint density at radius 3 is 2.91 bits per heavy atom. The molecular weight excluding hydrogens is 274 g/mol. The molecule has 1 aliphatic rings. The van der Waals surface area contributed by atoms with Gasteiger partial charge in [-0.25, -0.2) is 4.98 Å². The molecule has 2 aromatic rings. The highest BCUT2D eigenvalue weighted by Crippen LogP contribution is 2.27. The van der Waals surface area contributed by atoms with Crippen molar-refractivity contribution in [2.75, 3.05) is 0 Å². The lowest BCUT2D eigenvalue weighted by Crippen LogP contribution is -2.41. The summed E-state index contributed by atoms with van der Waals surface area (Å²) < 4.78 is 2.05. The second kappa shape index (κ2) is 6.11. The molecule has 0 aliphatic heterocycles. The van der Waals surface area contributed by atoms with Crippen LogP contribution >= 0.6 is 0 Å². The SMILES string of the molecule is CC[C@H]1CCCC[C@@H]1NC(=O)c1ccc2c(c1)nc(C)n2C. The zero-order valence-corrected chi connectivity index (χ0v) is 13.7. The number of hydrogen-bond acceptors (Lipinski definition) is 2. The van der Waals surface area contributed by atoms with Crippen molar-refractivity contribution < 1.29 is 4.79 Å². The molecule has 2 atom stereocenters. The van der Waals surface area contributed by atoms with E-state index < -0.39 is 0 Å². The fourth-order valence-corrected chi connectivity index (χ4v) is 3.60. The summed E-state index contributed by atoms with van der Waals surface area (Å²) in [7, 11) is 2.00. The first-order valence-corrected chi connectivity index (χ1v) is 8.34. The molecule has 1 amide bonds. The van der Waals surface area contributed by atoms with Gasteiger partial charge in [-0.15, -0.1) is 0 Å². The van der Waals surface area contributed by atoms with Crippen molar-refractivity contribution in [2.24, 2.45) is 13.0 Å². The minimum atomic E-state index is 0.0376. The molecule has 3 rings (SSSR count). The van der Waals surface area contributed by atoms with Gasteiger partial charge in [0.15, 0.2) is 0 Å². The molecule has 118 valence electrons. The third kappa shape index (κ3) is 2.74. The van der Waals surface area contributed by atoms with Crippen LogP contribution in [0.1, 0.15) is 55.2 Å². The van der Waals surface area contributed by atoms with Crippen molar-refractivity contribution in [1.29, 1.82) is 0 Å². The zero-order valence-electron chi connectivity index (χ0n) is 13.7. The van der Waals surface area contributed by atoms with Crippen LogP contribution in [-0.2, 0) is 7.05 Å². The number of amides is 1. The topological polar surface area (TPSA) is 46.9 Å². The summed E-state index contributed by atoms with van der Waals surface area (Å²) in [6.07, 6.45) is 6.00. The van der Waals surface area contributed by atoms with Crippen molar-refractivity contribution in [2.45, 2.75) is 52.0 Å². The second-order valence-corrected chi connectivity index (χ2v) is 6.45. The highest BCUT2D eigenvalue weighted by Gasteiger charge is 2.25. The van der Waals surface area contributed by atoms with Crippen molar-refractivity contribution >= 4 is 16.9 Å². The number of carbonyl (C=O) groups excluding carboxylic acids is 1. The molecule has 1 aromatic heterocycles. The van der Waals surface area contributed by atoms with E-state index in [1.54, 1.807) is 0 Å². The summed E-state index contributed by atoms with van der Waals surface area (Å²) in [6, 6.07) is 6.12. The van der Waals surface area contributed by atoms with E-state index in [0.29, 0.717) is 17.5 Å². The number of nitrogens with one attached hydrogen (secondary N) is 1. The molecule has 0 spiro atoms. The number of benzene rings is 1. The van der Waals surface area contributed by atoms with E-state index in [4.69, 9.17) is 0 Å². The monoisotopic (exact) mass is 299 g/mol. The number of fused-ring (bicyclic) bond motifs is 1. The second-order valence-electron chi connectivity index (χ2n) is 6.45. The van der Waals surface area contributed by atoms with Crippen LogP contribution in [0.15, 0.2) is 18.2 Å². The Morgan fingerprint density at radius 1 is 1.36 bits per heavy atom. The number of imidazole rings is 1. The normalized spacial score (nSPS) is 22.0. The fraction of sp³-hybridized carbons (Fsp3) is 0.556. The molecule has 0 saturated heterocycles. The molecule has 4 heteroatoms. The van der Waals surface area contributed by atoms with Gasteiger partial charge in [0.1, 0.15) is 5.82 Å². The molecule has 0 bridgehead atoms. The van der Waals surface area contributed by atoms with Gasteiger partial charge in [-0.05, 0) is 43.9 Å². The summed E-state index contributed by atoms with van der Waals surface area (Å²) in [5.74, 6) is 1.62. The summed E-state index contributed by atoms with van der Waals surface area (Å²) >= 11 is 0. The Bertz CT molecular complexity index is 689. The average Bonchev–Trinajstić information content (AvgIpc) is 2.82. The molecular formula is C18H25N3O. The molecule has 4 nitrogen and oxygen atoms in total. The summed E-state index contributed by atoms with van der Waals surface area (Å²) in [5, 5.41) is 3.25. The molecule has 1 heterocycles. The van der Waals surface area contributed by atoms with Gasteiger partial charge >= 0.3 is 0 Å². The Hall–Kier alpha value is -1.84. The van der Waals surface area contributed by atoms with Crippen LogP contribution in [0, 0.1) is 12.8 Å². The van der Waals surface area contributed by atoms with Gasteiger partial charge in [-0.1, -0.05) is 26.2 Å². The Kier molecular flexibility index (Phi) is 4.19. The van der Waals surface area contributed by atoms with Crippen LogP contribution in [0.3, 0.4) is 0 Å². The van der Waals surface area contributed by atoms with Gasteiger partial charge in [-0.3, -0.25) is 4.79 Å². The smallest absolute Gasteiger partial charge is 0.251 e. The van der Waals surface area contributed by atoms with E-state index in [1.807, 2.05) is 36.7 Å².